The Morgan fingerprint density at radius 3 is 2.23 bits per heavy atom. The second-order valence-electron chi connectivity index (χ2n) is 9.21. The minimum atomic E-state index is -0.532. The van der Waals surface area contributed by atoms with Gasteiger partial charge in [-0.3, -0.25) is 9.59 Å². The van der Waals surface area contributed by atoms with E-state index in [0.717, 1.165) is 44.2 Å². The zero-order chi connectivity index (χ0) is 21.1. The monoisotopic (exact) mass is 404 g/mol. The van der Waals surface area contributed by atoms with Gasteiger partial charge in [0.15, 0.2) is 0 Å². The molecule has 0 bridgehead atoms. The van der Waals surface area contributed by atoms with Gasteiger partial charge < -0.3 is 9.80 Å². The Morgan fingerprint density at radius 2 is 1.63 bits per heavy atom. The Kier molecular flexibility index (Phi) is 5.94. The molecule has 4 nitrogen and oxygen atoms in total. The third kappa shape index (κ3) is 4.14. The van der Waals surface area contributed by atoms with Crippen LogP contribution in [0.25, 0.3) is 11.1 Å². The van der Waals surface area contributed by atoms with Gasteiger partial charge in [0, 0.05) is 33.1 Å². The molecule has 1 saturated heterocycles. The molecule has 1 aliphatic heterocycles. The number of amides is 2. The number of piperidine rings is 1. The van der Waals surface area contributed by atoms with Crippen molar-refractivity contribution < 1.29 is 9.59 Å². The van der Waals surface area contributed by atoms with E-state index in [4.69, 9.17) is 0 Å². The van der Waals surface area contributed by atoms with Crippen LogP contribution in [0.2, 0.25) is 0 Å². The van der Waals surface area contributed by atoms with Crippen molar-refractivity contribution in [3.63, 3.8) is 0 Å². The largest absolute Gasteiger partial charge is 0.348 e. The molecule has 30 heavy (non-hydrogen) atoms. The average molecular weight is 405 g/mol. The van der Waals surface area contributed by atoms with Crippen molar-refractivity contribution in [2.75, 3.05) is 27.2 Å². The first kappa shape index (κ1) is 20.6. The number of hydrogen-bond donors (Lipinski definition) is 0. The van der Waals surface area contributed by atoms with Crippen molar-refractivity contribution in [3.05, 3.63) is 60.2 Å². The Labute approximate surface area is 179 Å². The maximum Gasteiger partial charge on any atom is 0.230 e. The summed E-state index contributed by atoms with van der Waals surface area (Å²) in [5, 5.41) is 0. The molecule has 4 rings (SSSR count). The fourth-order valence-corrected chi connectivity index (χ4v) is 4.94. The molecule has 1 saturated carbocycles. The summed E-state index contributed by atoms with van der Waals surface area (Å²) in [5.74, 6) is 0.581. The zero-order valence-corrected chi connectivity index (χ0v) is 18.1. The summed E-state index contributed by atoms with van der Waals surface area (Å²) >= 11 is 0. The molecule has 0 radical (unpaired) electrons. The Balaban J connectivity index is 1.56. The van der Waals surface area contributed by atoms with E-state index < -0.39 is 5.41 Å². The van der Waals surface area contributed by atoms with Crippen LogP contribution in [0.3, 0.4) is 0 Å². The molecule has 1 atom stereocenters. The van der Waals surface area contributed by atoms with Crippen molar-refractivity contribution in [3.8, 4) is 11.1 Å². The number of hydrogen-bond acceptors (Lipinski definition) is 2. The van der Waals surface area contributed by atoms with Crippen LogP contribution in [0.5, 0.6) is 0 Å². The van der Waals surface area contributed by atoms with E-state index >= 15 is 0 Å². The van der Waals surface area contributed by atoms with Crippen LogP contribution in [0.1, 0.15) is 37.7 Å². The van der Waals surface area contributed by atoms with Gasteiger partial charge in [-0.1, -0.05) is 61.0 Å². The lowest BCUT2D eigenvalue weighted by Crippen LogP contribution is -2.55. The van der Waals surface area contributed by atoms with Crippen LogP contribution in [0.4, 0.5) is 0 Å². The van der Waals surface area contributed by atoms with Crippen molar-refractivity contribution in [2.45, 2.75) is 38.5 Å². The molecule has 0 aromatic heterocycles. The summed E-state index contributed by atoms with van der Waals surface area (Å²) < 4.78 is 0. The maximum atomic E-state index is 13.3. The highest BCUT2D eigenvalue weighted by Crippen LogP contribution is 2.38. The fourth-order valence-electron chi connectivity index (χ4n) is 4.94. The van der Waals surface area contributed by atoms with E-state index in [-0.39, 0.29) is 17.7 Å². The first-order chi connectivity index (χ1) is 14.5. The zero-order valence-electron chi connectivity index (χ0n) is 18.1. The number of nitrogens with zero attached hydrogens (tertiary/aromatic N) is 2. The molecule has 158 valence electrons. The molecular formula is C26H32N2O2. The molecule has 0 N–H and O–H groups in total. The predicted octanol–water partition coefficient (Wildman–Crippen LogP) is 4.39. The summed E-state index contributed by atoms with van der Waals surface area (Å²) in [6.45, 7) is 1.32. The number of benzene rings is 2. The van der Waals surface area contributed by atoms with Crippen molar-refractivity contribution in [1.29, 1.82) is 0 Å². The van der Waals surface area contributed by atoms with Crippen LogP contribution >= 0.6 is 0 Å². The lowest BCUT2D eigenvalue weighted by molar-refractivity contribution is -0.150. The fraction of sp³-hybridized carbons (Fsp3) is 0.462. The van der Waals surface area contributed by atoms with Gasteiger partial charge in [0.1, 0.15) is 0 Å². The highest BCUT2D eigenvalue weighted by Gasteiger charge is 2.45. The number of carbonyl (C=O) groups excluding carboxylic acids is 2. The van der Waals surface area contributed by atoms with Crippen LogP contribution in [0, 0.1) is 11.3 Å². The number of rotatable bonds is 5. The van der Waals surface area contributed by atoms with Crippen molar-refractivity contribution in [1.82, 2.24) is 9.80 Å². The SMILES string of the molecule is CN(C)C(=O)C1(Cc2ccc(-c3ccccc3)cc2)CCCN(C(=O)C2CCC2)C1. The van der Waals surface area contributed by atoms with E-state index in [1.165, 1.54) is 11.1 Å². The molecule has 4 heteroatoms. The Morgan fingerprint density at radius 1 is 0.967 bits per heavy atom. The van der Waals surface area contributed by atoms with E-state index in [1.54, 1.807) is 4.90 Å². The lowest BCUT2D eigenvalue weighted by atomic mass is 9.73. The normalized spacial score (nSPS) is 21.7. The summed E-state index contributed by atoms with van der Waals surface area (Å²) in [6, 6.07) is 18.9. The first-order valence-corrected chi connectivity index (χ1v) is 11.1. The summed E-state index contributed by atoms with van der Waals surface area (Å²) in [7, 11) is 3.66. The molecule has 1 unspecified atom stereocenters. The van der Waals surface area contributed by atoms with Gasteiger partial charge in [0.05, 0.1) is 5.41 Å². The van der Waals surface area contributed by atoms with Gasteiger partial charge in [0.25, 0.3) is 0 Å². The van der Waals surface area contributed by atoms with Gasteiger partial charge in [0.2, 0.25) is 11.8 Å². The maximum absolute atomic E-state index is 13.3. The van der Waals surface area contributed by atoms with Gasteiger partial charge >= 0.3 is 0 Å². The lowest BCUT2D eigenvalue weighted by Gasteiger charge is -2.44. The molecule has 2 amide bonds. The standard InChI is InChI=1S/C26H32N2O2/c1-27(2)25(30)26(16-7-17-28(19-26)24(29)23-10-6-11-23)18-20-12-14-22(15-13-20)21-8-4-3-5-9-21/h3-5,8-9,12-15,23H,6-7,10-11,16-19H2,1-2H3. The van der Waals surface area contributed by atoms with E-state index in [2.05, 4.69) is 36.4 Å². The second kappa shape index (κ2) is 8.63. The summed E-state index contributed by atoms with van der Waals surface area (Å²) in [4.78, 5) is 29.9. The quantitative estimate of drug-likeness (QED) is 0.741. The topological polar surface area (TPSA) is 40.6 Å². The molecule has 2 fully saturated rings. The van der Waals surface area contributed by atoms with E-state index in [0.29, 0.717) is 13.0 Å². The Hall–Kier alpha value is -2.62. The minimum absolute atomic E-state index is 0.140. The van der Waals surface area contributed by atoms with Gasteiger partial charge in [-0.15, -0.1) is 0 Å². The second-order valence-corrected chi connectivity index (χ2v) is 9.21. The van der Waals surface area contributed by atoms with Gasteiger partial charge in [-0.25, -0.2) is 0 Å². The van der Waals surface area contributed by atoms with Crippen LogP contribution < -0.4 is 0 Å². The van der Waals surface area contributed by atoms with Crippen LogP contribution in [-0.4, -0.2) is 48.8 Å². The molecule has 1 aliphatic carbocycles. The number of likely N-dealkylation sites (tertiary alicyclic amines) is 1. The minimum Gasteiger partial charge on any atom is -0.348 e. The van der Waals surface area contributed by atoms with Crippen molar-refractivity contribution in [2.24, 2.45) is 11.3 Å². The third-order valence-corrected chi connectivity index (χ3v) is 6.81. The molecular weight excluding hydrogens is 372 g/mol. The Bertz CT molecular complexity index is 887. The van der Waals surface area contributed by atoms with Crippen LogP contribution in [0.15, 0.2) is 54.6 Å². The average Bonchev–Trinajstić information content (AvgIpc) is 2.73. The van der Waals surface area contributed by atoms with Gasteiger partial charge in [-0.05, 0) is 48.8 Å². The predicted molar refractivity (Wildman–Crippen MR) is 120 cm³/mol. The highest BCUT2D eigenvalue weighted by molar-refractivity contribution is 5.85. The van der Waals surface area contributed by atoms with E-state index in [9.17, 15) is 9.59 Å². The number of carbonyl (C=O) groups is 2. The summed E-state index contributed by atoms with van der Waals surface area (Å²) in [5.41, 5.74) is 2.99. The van der Waals surface area contributed by atoms with Crippen molar-refractivity contribution >= 4 is 11.8 Å². The molecule has 2 aromatic rings. The van der Waals surface area contributed by atoms with Crippen LogP contribution in [-0.2, 0) is 16.0 Å². The molecule has 1 heterocycles. The van der Waals surface area contributed by atoms with E-state index in [1.807, 2.05) is 37.2 Å². The van der Waals surface area contributed by atoms with Gasteiger partial charge in [-0.2, -0.15) is 0 Å². The molecule has 2 aliphatic rings. The highest BCUT2D eigenvalue weighted by atomic mass is 16.2. The summed E-state index contributed by atoms with van der Waals surface area (Å²) in [6.07, 6.45) is 5.56. The molecule has 0 spiro atoms. The molecule has 2 aromatic carbocycles. The third-order valence-electron chi connectivity index (χ3n) is 6.81. The first-order valence-electron chi connectivity index (χ1n) is 11.1. The smallest absolute Gasteiger partial charge is 0.230 e.